The minimum absolute atomic E-state index is 0.611. The van der Waals surface area contributed by atoms with Crippen molar-refractivity contribution >= 4 is 11.6 Å². The second-order valence-electron chi connectivity index (χ2n) is 4.61. The largest absolute Gasteiger partial charge is 0.311 e. The van der Waals surface area contributed by atoms with Crippen molar-refractivity contribution < 1.29 is 0 Å². The van der Waals surface area contributed by atoms with E-state index in [2.05, 4.69) is 29.2 Å². The molecule has 0 radical (unpaired) electrons. The van der Waals surface area contributed by atoms with Crippen molar-refractivity contribution in [2.45, 2.75) is 20.4 Å². The predicted octanol–water partition coefficient (Wildman–Crippen LogP) is 2.67. The van der Waals surface area contributed by atoms with Gasteiger partial charge in [-0.25, -0.2) is 9.67 Å². The maximum atomic E-state index is 5.85. The van der Waals surface area contributed by atoms with E-state index in [0.717, 1.165) is 24.6 Å². The highest BCUT2D eigenvalue weighted by Crippen LogP contribution is 2.10. The topological polar surface area (TPSA) is 42.7 Å². The number of halogens is 1. The third kappa shape index (κ3) is 3.55. The summed E-state index contributed by atoms with van der Waals surface area (Å²) in [5.74, 6) is 1.42. The molecule has 0 spiro atoms. The number of nitrogens with zero attached hydrogens (tertiary/aromatic N) is 3. The Hall–Kier alpha value is -1.39. The van der Waals surface area contributed by atoms with E-state index < -0.39 is 0 Å². The molecule has 0 atom stereocenters. The number of hydrogen-bond donors (Lipinski definition) is 1. The molecular formula is C13H17ClN4. The van der Waals surface area contributed by atoms with Gasteiger partial charge >= 0.3 is 0 Å². The van der Waals surface area contributed by atoms with E-state index in [4.69, 9.17) is 11.6 Å². The van der Waals surface area contributed by atoms with Gasteiger partial charge in [-0.3, -0.25) is 0 Å². The maximum Gasteiger partial charge on any atom is 0.153 e. The van der Waals surface area contributed by atoms with Gasteiger partial charge < -0.3 is 5.32 Å². The molecule has 2 heterocycles. The molecule has 0 amide bonds. The lowest BCUT2D eigenvalue weighted by Crippen LogP contribution is -2.19. The van der Waals surface area contributed by atoms with E-state index in [1.54, 1.807) is 17.1 Å². The van der Waals surface area contributed by atoms with Crippen LogP contribution < -0.4 is 5.32 Å². The lowest BCUT2D eigenvalue weighted by Gasteiger charge is -2.08. The van der Waals surface area contributed by atoms with Gasteiger partial charge in [-0.15, -0.1) is 0 Å². The summed E-state index contributed by atoms with van der Waals surface area (Å²) in [5.41, 5.74) is 1.000. The normalized spacial score (nSPS) is 11.1. The van der Waals surface area contributed by atoms with Crippen molar-refractivity contribution in [1.82, 2.24) is 20.1 Å². The van der Waals surface area contributed by atoms with E-state index >= 15 is 0 Å². The second-order valence-corrected chi connectivity index (χ2v) is 5.05. The first-order valence-electron chi connectivity index (χ1n) is 6.02. The van der Waals surface area contributed by atoms with E-state index in [9.17, 15) is 0 Å². The first kappa shape index (κ1) is 13.1. The summed E-state index contributed by atoms with van der Waals surface area (Å²) in [6.45, 7) is 6.12. The molecule has 0 aromatic carbocycles. The van der Waals surface area contributed by atoms with Gasteiger partial charge in [0.05, 0.1) is 23.1 Å². The van der Waals surface area contributed by atoms with Crippen LogP contribution in [0.4, 0.5) is 0 Å². The van der Waals surface area contributed by atoms with Gasteiger partial charge in [-0.2, -0.15) is 5.10 Å². The van der Waals surface area contributed by atoms with Crippen molar-refractivity contribution in [1.29, 1.82) is 0 Å². The van der Waals surface area contributed by atoms with E-state index in [1.807, 2.05) is 18.2 Å². The highest BCUT2D eigenvalue weighted by molar-refractivity contribution is 6.30. The third-order valence-corrected chi connectivity index (χ3v) is 2.63. The molecule has 0 aliphatic rings. The molecule has 0 fully saturated rings. The van der Waals surface area contributed by atoms with Crippen molar-refractivity contribution in [3.8, 4) is 5.82 Å². The monoisotopic (exact) mass is 264 g/mol. The Kier molecular flexibility index (Phi) is 4.33. The SMILES string of the molecule is CC(C)CNCc1cccc(-n2cc(Cl)cn2)n1. The second kappa shape index (κ2) is 5.98. The molecule has 5 heteroatoms. The molecular weight excluding hydrogens is 248 g/mol. The van der Waals surface area contributed by atoms with E-state index in [1.165, 1.54) is 0 Å². The molecule has 2 aromatic rings. The summed E-state index contributed by atoms with van der Waals surface area (Å²) in [7, 11) is 0. The van der Waals surface area contributed by atoms with Crippen molar-refractivity contribution in [2.24, 2.45) is 5.92 Å². The molecule has 4 nitrogen and oxygen atoms in total. The van der Waals surface area contributed by atoms with Crippen LogP contribution in [0.5, 0.6) is 0 Å². The predicted molar refractivity (Wildman–Crippen MR) is 72.9 cm³/mol. The molecule has 96 valence electrons. The molecule has 18 heavy (non-hydrogen) atoms. The van der Waals surface area contributed by atoms with E-state index in [0.29, 0.717) is 10.9 Å². The molecule has 0 bridgehead atoms. The fourth-order valence-corrected chi connectivity index (χ4v) is 1.74. The zero-order valence-corrected chi connectivity index (χ0v) is 11.4. The summed E-state index contributed by atoms with van der Waals surface area (Å²) >= 11 is 5.85. The van der Waals surface area contributed by atoms with Crippen molar-refractivity contribution in [3.63, 3.8) is 0 Å². The number of aromatic nitrogens is 3. The Labute approximate surface area is 112 Å². The van der Waals surface area contributed by atoms with Crippen LogP contribution in [0.3, 0.4) is 0 Å². The number of hydrogen-bond acceptors (Lipinski definition) is 3. The van der Waals surface area contributed by atoms with Crippen LogP contribution in [-0.4, -0.2) is 21.3 Å². The molecule has 2 rings (SSSR count). The highest BCUT2D eigenvalue weighted by atomic mass is 35.5. The van der Waals surface area contributed by atoms with Crippen LogP contribution in [0, 0.1) is 5.92 Å². The minimum Gasteiger partial charge on any atom is -0.311 e. The summed E-state index contributed by atoms with van der Waals surface area (Å²) in [6.07, 6.45) is 3.35. The van der Waals surface area contributed by atoms with Crippen LogP contribution in [0.25, 0.3) is 5.82 Å². The first-order valence-corrected chi connectivity index (χ1v) is 6.40. The number of nitrogens with one attached hydrogen (secondary N) is 1. The Morgan fingerprint density at radius 2 is 2.22 bits per heavy atom. The molecule has 0 saturated heterocycles. The smallest absolute Gasteiger partial charge is 0.153 e. The maximum absolute atomic E-state index is 5.85. The van der Waals surface area contributed by atoms with Gasteiger partial charge in [-0.05, 0) is 24.6 Å². The molecule has 2 aromatic heterocycles. The summed E-state index contributed by atoms with van der Waals surface area (Å²) in [6, 6.07) is 5.89. The van der Waals surface area contributed by atoms with Gasteiger partial charge in [0.25, 0.3) is 0 Å². The van der Waals surface area contributed by atoms with Crippen molar-refractivity contribution in [3.05, 3.63) is 41.3 Å². The fraction of sp³-hybridized carbons (Fsp3) is 0.385. The Morgan fingerprint density at radius 3 is 2.89 bits per heavy atom. The Morgan fingerprint density at radius 1 is 1.39 bits per heavy atom. The summed E-state index contributed by atoms with van der Waals surface area (Å²) in [4.78, 5) is 4.53. The van der Waals surface area contributed by atoms with Gasteiger partial charge in [-0.1, -0.05) is 31.5 Å². The minimum atomic E-state index is 0.611. The molecule has 0 saturated carbocycles. The van der Waals surface area contributed by atoms with Crippen LogP contribution in [0.1, 0.15) is 19.5 Å². The van der Waals surface area contributed by atoms with Gasteiger partial charge in [0, 0.05) is 6.54 Å². The quantitative estimate of drug-likeness (QED) is 0.903. The molecule has 1 N–H and O–H groups in total. The van der Waals surface area contributed by atoms with Gasteiger partial charge in [0.15, 0.2) is 5.82 Å². The Balaban J connectivity index is 2.05. The van der Waals surface area contributed by atoms with Gasteiger partial charge in [0.2, 0.25) is 0 Å². The van der Waals surface area contributed by atoms with Crippen LogP contribution >= 0.6 is 11.6 Å². The molecule has 0 aliphatic carbocycles. The molecule has 0 unspecified atom stereocenters. The lowest BCUT2D eigenvalue weighted by molar-refractivity contribution is 0.547. The highest BCUT2D eigenvalue weighted by Gasteiger charge is 2.02. The third-order valence-electron chi connectivity index (χ3n) is 2.44. The van der Waals surface area contributed by atoms with E-state index in [-0.39, 0.29) is 0 Å². The Bertz CT molecular complexity index is 507. The number of pyridine rings is 1. The zero-order chi connectivity index (χ0) is 13.0. The average Bonchev–Trinajstić information content (AvgIpc) is 2.76. The average molecular weight is 265 g/mol. The van der Waals surface area contributed by atoms with Crippen molar-refractivity contribution in [2.75, 3.05) is 6.54 Å². The lowest BCUT2D eigenvalue weighted by atomic mass is 10.2. The molecule has 0 aliphatic heterocycles. The zero-order valence-electron chi connectivity index (χ0n) is 10.6. The number of rotatable bonds is 5. The van der Waals surface area contributed by atoms with Crippen LogP contribution in [0.2, 0.25) is 5.02 Å². The van der Waals surface area contributed by atoms with Crippen LogP contribution in [-0.2, 0) is 6.54 Å². The standard InChI is InChI=1S/C13H17ClN4/c1-10(2)6-15-8-12-4-3-5-13(17-12)18-9-11(14)7-16-18/h3-5,7,9-10,15H,6,8H2,1-2H3. The summed E-state index contributed by atoms with van der Waals surface area (Å²) in [5, 5.41) is 8.12. The van der Waals surface area contributed by atoms with Gasteiger partial charge in [0.1, 0.15) is 0 Å². The summed E-state index contributed by atoms with van der Waals surface area (Å²) < 4.78 is 1.67. The fourth-order valence-electron chi connectivity index (χ4n) is 1.61. The first-order chi connectivity index (χ1) is 8.65. The van der Waals surface area contributed by atoms with Crippen LogP contribution in [0.15, 0.2) is 30.6 Å².